The van der Waals surface area contributed by atoms with Crippen molar-refractivity contribution in [2.75, 3.05) is 0 Å². The standard InChI is InChI=1S/C7H8N2OS/c8-6(10)7-9-5(3-11-7)4-1-2-4/h3-4H,1-2H2,(H2,8,10). The lowest BCUT2D eigenvalue weighted by Crippen LogP contribution is -2.10. The second-order valence-corrected chi connectivity index (χ2v) is 3.57. The molecule has 0 spiro atoms. The summed E-state index contributed by atoms with van der Waals surface area (Å²) in [6, 6.07) is 0. The molecule has 0 bridgehead atoms. The van der Waals surface area contributed by atoms with Crippen molar-refractivity contribution >= 4 is 17.2 Å². The third-order valence-electron chi connectivity index (χ3n) is 1.73. The molecule has 1 aliphatic rings. The molecule has 0 radical (unpaired) electrons. The molecule has 1 saturated carbocycles. The van der Waals surface area contributed by atoms with Gasteiger partial charge in [0, 0.05) is 11.3 Å². The van der Waals surface area contributed by atoms with Gasteiger partial charge < -0.3 is 5.73 Å². The van der Waals surface area contributed by atoms with Crippen molar-refractivity contribution in [2.24, 2.45) is 5.73 Å². The van der Waals surface area contributed by atoms with E-state index < -0.39 is 5.91 Å². The van der Waals surface area contributed by atoms with Crippen LogP contribution in [0.25, 0.3) is 0 Å². The number of primary amides is 1. The normalized spacial score (nSPS) is 16.7. The van der Waals surface area contributed by atoms with E-state index in [1.54, 1.807) is 0 Å². The van der Waals surface area contributed by atoms with Crippen molar-refractivity contribution in [2.45, 2.75) is 18.8 Å². The minimum Gasteiger partial charge on any atom is -0.364 e. The molecule has 3 nitrogen and oxygen atoms in total. The summed E-state index contributed by atoms with van der Waals surface area (Å²) < 4.78 is 0. The largest absolute Gasteiger partial charge is 0.364 e. The Bertz CT molecular complexity index is 290. The maximum absolute atomic E-state index is 10.6. The summed E-state index contributed by atoms with van der Waals surface area (Å²) in [5.74, 6) is 0.196. The maximum atomic E-state index is 10.6. The summed E-state index contributed by atoms with van der Waals surface area (Å²) in [5, 5.41) is 2.37. The first-order valence-electron chi connectivity index (χ1n) is 3.52. The topological polar surface area (TPSA) is 56.0 Å². The van der Waals surface area contributed by atoms with Crippen LogP contribution in [0, 0.1) is 0 Å². The average molecular weight is 168 g/mol. The van der Waals surface area contributed by atoms with Gasteiger partial charge in [0.05, 0.1) is 5.69 Å². The molecule has 1 aliphatic carbocycles. The zero-order chi connectivity index (χ0) is 7.84. The van der Waals surface area contributed by atoms with Crippen LogP contribution in [0.5, 0.6) is 0 Å². The van der Waals surface area contributed by atoms with E-state index in [1.165, 1.54) is 24.2 Å². The van der Waals surface area contributed by atoms with E-state index in [4.69, 9.17) is 5.73 Å². The summed E-state index contributed by atoms with van der Waals surface area (Å²) in [6.07, 6.45) is 2.42. The first kappa shape index (κ1) is 6.79. The highest BCUT2D eigenvalue weighted by atomic mass is 32.1. The molecule has 58 valence electrons. The van der Waals surface area contributed by atoms with Gasteiger partial charge in [-0.15, -0.1) is 11.3 Å². The number of thiazole rings is 1. The first-order valence-corrected chi connectivity index (χ1v) is 4.40. The minimum absolute atomic E-state index is 0.415. The minimum atomic E-state index is -0.415. The van der Waals surface area contributed by atoms with Crippen LogP contribution in [-0.4, -0.2) is 10.9 Å². The Morgan fingerprint density at radius 3 is 2.91 bits per heavy atom. The van der Waals surface area contributed by atoms with Gasteiger partial charge in [0.1, 0.15) is 0 Å². The zero-order valence-electron chi connectivity index (χ0n) is 5.91. The summed E-state index contributed by atoms with van der Waals surface area (Å²) in [6.45, 7) is 0. The molecule has 0 atom stereocenters. The molecule has 11 heavy (non-hydrogen) atoms. The summed E-state index contributed by atoms with van der Waals surface area (Å²) in [5.41, 5.74) is 6.10. The lowest BCUT2D eigenvalue weighted by Gasteiger charge is -1.85. The molecule has 2 rings (SSSR count). The third-order valence-corrected chi connectivity index (χ3v) is 2.60. The highest BCUT2D eigenvalue weighted by Gasteiger charge is 2.26. The van der Waals surface area contributed by atoms with Gasteiger partial charge in [-0.25, -0.2) is 4.98 Å². The Morgan fingerprint density at radius 1 is 1.73 bits per heavy atom. The van der Waals surface area contributed by atoms with E-state index in [0.29, 0.717) is 10.9 Å². The molecule has 0 aliphatic heterocycles. The fourth-order valence-corrected chi connectivity index (χ4v) is 1.72. The highest BCUT2D eigenvalue weighted by molar-refractivity contribution is 7.11. The van der Waals surface area contributed by atoms with Crippen molar-refractivity contribution < 1.29 is 4.79 Å². The Kier molecular flexibility index (Phi) is 1.42. The average Bonchev–Trinajstić information content (AvgIpc) is 2.68. The maximum Gasteiger partial charge on any atom is 0.277 e. The second-order valence-electron chi connectivity index (χ2n) is 2.72. The van der Waals surface area contributed by atoms with Gasteiger partial charge >= 0.3 is 0 Å². The molecule has 0 unspecified atom stereocenters. The van der Waals surface area contributed by atoms with Crippen LogP contribution >= 0.6 is 11.3 Å². The van der Waals surface area contributed by atoms with Gasteiger partial charge in [-0.05, 0) is 12.8 Å². The molecule has 1 aromatic heterocycles. The number of carbonyl (C=O) groups is 1. The molecular formula is C7H8N2OS. The molecular weight excluding hydrogens is 160 g/mol. The van der Waals surface area contributed by atoms with Gasteiger partial charge in [0.25, 0.3) is 5.91 Å². The Balaban J connectivity index is 2.25. The predicted octanol–water partition coefficient (Wildman–Crippen LogP) is 1.12. The summed E-state index contributed by atoms with van der Waals surface area (Å²) >= 11 is 1.34. The first-order chi connectivity index (χ1) is 5.27. The molecule has 2 N–H and O–H groups in total. The fourth-order valence-electron chi connectivity index (χ4n) is 0.966. The van der Waals surface area contributed by atoms with Crippen molar-refractivity contribution in [1.29, 1.82) is 0 Å². The van der Waals surface area contributed by atoms with Crippen molar-refractivity contribution in [3.8, 4) is 0 Å². The predicted molar refractivity (Wildman–Crippen MR) is 42.6 cm³/mol. The third kappa shape index (κ3) is 1.26. The Labute approximate surface area is 68.2 Å². The van der Waals surface area contributed by atoms with Crippen LogP contribution in [0.15, 0.2) is 5.38 Å². The SMILES string of the molecule is NC(=O)c1nc(C2CC2)cs1. The molecule has 4 heteroatoms. The number of nitrogens with zero attached hydrogens (tertiary/aromatic N) is 1. The highest BCUT2D eigenvalue weighted by Crippen LogP contribution is 2.39. The fraction of sp³-hybridized carbons (Fsp3) is 0.429. The van der Waals surface area contributed by atoms with Crippen LogP contribution in [0.1, 0.15) is 34.3 Å². The Morgan fingerprint density at radius 2 is 2.45 bits per heavy atom. The summed E-state index contributed by atoms with van der Waals surface area (Å²) in [7, 11) is 0. The monoisotopic (exact) mass is 168 g/mol. The lowest BCUT2D eigenvalue weighted by molar-refractivity contribution is 0.1000. The van der Waals surface area contributed by atoms with Crippen molar-refractivity contribution in [3.63, 3.8) is 0 Å². The molecule has 0 saturated heterocycles. The van der Waals surface area contributed by atoms with Gasteiger partial charge in [0.15, 0.2) is 5.01 Å². The van der Waals surface area contributed by atoms with Crippen LogP contribution in [-0.2, 0) is 0 Å². The molecule has 1 amide bonds. The van der Waals surface area contributed by atoms with Crippen molar-refractivity contribution in [1.82, 2.24) is 4.98 Å². The molecule has 1 heterocycles. The number of aromatic nitrogens is 1. The number of carbonyl (C=O) groups excluding carboxylic acids is 1. The van der Waals surface area contributed by atoms with E-state index in [0.717, 1.165) is 5.69 Å². The Hall–Kier alpha value is -0.900. The van der Waals surface area contributed by atoms with E-state index in [-0.39, 0.29) is 0 Å². The lowest BCUT2D eigenvalue weighted by atomic mass is 10.3. The van der Waals surface area contributed by atoms with Gasteiger partial charge in [-0.1, -0.05) is 0 Å². The van der Waals surface area contributed by atoms with E-state index in [1.807, 2.05) is 5.38 Å². The molecule has 1 fully saturated rings. The number of amides is 1. The smallest absolute Gasteiger partial charge is 0.277 e. The summed E-state index contributed by atoms with van der Waals surface area (Å²) in [4.78, 5) is 14.7. The van der Waals surface area contributed by atoms with Crippen molar-refractivity contribution in [3.05, 3.63) is 16.1 Å². The van der Waals surface area contributed by atoms with E-state index in [9.17, 15) is 4.79 Å². The van der Waals surface area contributed by atoms with Crippen LogP contribution in [0.2, 0.25) is 0 Å². The number of rotatable bonds is 2. The van der Waals surface area contributed by atoms with Gasteiger partial charge in [-0.3, -0.25) is 4.79 Å². The van der Waals surface area contributed by atoms with Gasteiger partial charge in [0.2, 0.25) is 0 Å². The van der Waals surface area contributed by atoms with Gasteiger partial charge in [-0.2, -0.15) is 0 Å². The quantitative estimate of drug-likeness (QED) is 0.719. The van der Waals surface area contributed by atoms with Crippen LogP contribution in [0.4, 0.5) is 0 Å². The van der Waals surface area contributed by atoms with E-state index in [2.05, 4.69) is 4.98 Å². The number of hydrogen-bond donors (Lipinski definition) is 1. The van der Waals surface area contributed by atoms with E-state index >= 15 is 0 Å². The van der Waals surface area contributed by atoms with Crippen LogP contribution in [0.3, 0.4) is 0 Å². The second kappa shape index (κ2) is 2.30. The number of nitrogens with two attached hydrogens (primary N) is 1. The molecule has 1 aromatic rings. The number of hydrogen-bond acceptors (Lipinski definition) is 3. The van der Waals surface area contributed by atoms with Crippen LogP contribution < -0.4 is 5.73 Å². The zero-order valence-corrected chi connectivity index (χ0v) is 6.73. The molecule has 0 aromatic carbocycles.